The van der Waals surface area contributed by atoms with Crippen molar-refractivity contribution in [3.63, 3.8) is 0 Å². The van der Waals surface area contributed by atoms with Gasteiger partial charge < -0.3 is 10.2 Å². The lowest BCUT2D eigenvalue weighted by Crippen LogP contribution is -2.35. The Morgan fingerprint density at radius 3 is 2.78 bits per heavy atom. The molecule has 1 heterocycles. The average Bonchev–Trinajstić information content (AvgIpc) is 2.75. The SMILES string of the molecule is CCCC(C)N(C)C(=O)c1csc(NC(C)=O)n1. The van der Waals surface area contributed by atoms with Crippen molar-refractivity contribution in [1.29, 1.82) is 0 Å². The molecule has 0 spiro atoms. The van der Waals surface area contributed by atoms with Gasteiger partial charge in [-0.1, -0.05) is 13.3 Å². The lowest BCUT2D eigenvalue weighted by Gasteiger charge is -2.23. The molecule has 1 unspecified atom stereocenters. The lowest BCUT2D eigenvalue weighted by molar-refractivity contribution is -0.114. The minimum Gasteiger partial charge on any atom is -0.338 e. The first-order valence-electron chi connectivity index (χ1n) is 5.96. The molecule has 0 aliphatic heterocycles. The average molecular weight is 269 g/mol. The van der Waals surface area contributed by atoms with E-state index in [0.717, 1.165) is 12.8 Å². The molecular weight excluding hydrogens is 250 g/mol. The van der Waals surface area contributed by atoms with Crippen LogP contribution in [0.4, 0.5) is 5.13 Å². The van der Waals surface area contributed by atoms with Crippen molar-refractivity contribution in [3.05, 3.63) is 11.1 Å². The smallest absolute Gasteiger partial charge is 0.273 e. The number of aromatic nitrogens is 1. The van der Waals surface area contributed by atoms with Gasteiger partial charge in [0.25, 0.3) is 5.91 Å². The highest BCUT2D eigenvalue weighted by Gasteiger charge is 2.19. The molecule has 0 radical (unpaired) electrons. The van der Waals surface area contributed by atoms with Crippen LogP contribution in [0.5, 0.6) is 0 Å². The van der Waals surface area contributed by atoms with Crippen LogP contribution in [-0.2, 0) is 4.79 Å². The molecule has 0 aliphatic carbocycles. The van der Waals surface area contributed by atoms with E-state index in [1.807, 2.05) is 6.92 Å². The highest BCUT2D eigenvalue weighted by atomic mass is 32.1. The van der Waals surface area contributed by atoms with Gasteiger partial charge in [0.15, 0.2) is 5.13 Å². The maximum Gasteiger partial charge on any atom is 0.273 e. The van der Waals surface area contributed by atoms with E-state index in [-0.39, 0.29) is 17.9 Å². The number of nitrogens with zero attached hydrogens (tertiary/aromatic N) is 2. The van der Waals surface area contributed by atoms with Crippen LogP contribution in [0, 0.1) is 0 Å². The Kier molecular flexibility index (Phi) is 5.27. The van der Waals surface area contributed by atoms with Gasteiger partial charge in [-0.15, -0.1) is 11.3 Å². The van der Waals surface area contributed by atoms with Crippen molar-refractivity contribution in [1.82, 2.24) is 9.88 Å². The fraction of sp³-hybridized carbons (Fsp3) is 0.583. The Morgan fingerprint density at radius 1 is 1.56 bits per heavy atom. The summed E-state index contributed by atoms with van der Waals surface area (Å²) in [5, 5.41) is 4.70. The highest BCUT2D eigenvalue weighted by Crippen LogP contribution is 2.17. The van der Waals surface area contributed by atoms with Gasteiger partial charge in [-0.3, -0.25) is 9.59 Å². The molecule has 0 fully saturated rings. The number of thiazole rings is 1. The molecule has 1 N–H and O–H groups in total. The summed E-state index contributed by atoms with van der Waals surface area (Å²) in [5.74, 6) is -0.292. The topological polar surface area (TPSA) is 62.3 Å². The second-order valence-corrected chi connectivity index (χ2v) is 5.13. The Morgan fingerprint density at radius 2 is 2.22 bits per heavy atom. The molecule has 0 bridgehead atoms. The summed E-state index contributed by atoms with van der Waals surface area (Å²) < 4.78 is 0. The normalized spacial score (nSPS) is 12.0. The zero-order valence-corrected chi connectivity index (χ0v) is 12.0. The number of hydrogen-bond acceptors (Lipinski definition) is 4. The second kappa shape index (κ2) is 6.49. The first-order chi connectivity index (χ1) is 8.45. The van der Waals surface area contributed by atoms with Gasteiger partial charge in [-0.25, -0.2) is 4.98 Å². The summed E-state index contributed by atoms with van der Waals surface area (Å²) in [6.07, 6.45) is 2.00. The Balaban J connectivity index is 2.71. The van der Waals surface area contributed by atoms with Gasteiger partial charge in [0.05, 0.1) is 0 Å². The van der Waals surface area contributed by atoms with E-state index in [4.69, 9.17) is 0 Å². The Bertz CT molecular complexity index is 431. The Labute approximate surface area is 111 Å². The minimum atomic E-state index is -0.184. The van der Waals surface area contributed by atoms with Crippen molar-refractivity contribution in [2.75, 3.05) is 12.4 Å². The summed E-state index contributed by atoms with van der Waals surface area (Å²) in [6, 6.07) is 0.188. The molecule has 1 rings (SSSR count). The van der Waals surface area contributed by atoms with E-state index in [9.17, 15) is 9.59 Å². The monoisotopic (exact) mass is 269 g/mol. The van der Waals surface area contributed by atoms with E-state index < -0.39 is 0 Å². The number of amides is 2. The molecule has 6 heteroatoms. The van der Waals surface area contributed by atoms with Crippen molar-refractivity contribution < 1.29 is 9.59 Å². The van der Waals surface area contributed by atoms with Gasteiger partial charge in [0, 0.05) is 25.4 Å². The molecular formula is C12H19N3O2S. The molecule has 1 aromatic rings. The number of rotatable bonds is 5. The number of nitrogens with one attached hydrogen (secondary N) is 1. The molecule has 0 saturated carbocycles. The fourth-order valence-electron chi connectivity index (χ4n) is 1.57. The third kappa shape index (κ3) is 3.80. The predicted molar refractivity (Wildman–Crippen MR) is 72.9 cm³/mol. The van der Waals surface area contributed by atoms with Crippen LogP contribution in [0.2, 0.25) is 0 Å². The molecule has 2 amide bonds. The standard InChI is InChI=1S/C12H19N3O2S/c1-5-6-8(2)15(4)11(17)10-7-18-12(14-10)13-9(3)16/h7-8H,5-6H2,1-4H3,(H,13,14,16). The summed E-state index contributed by atoms with van der Waals surface area (Å²) >= 11 is 1.26. The minimum absolute atomic E-state index is 0.108. The van der Waals surface area contributed by atoms with Gasteiger partial charge >= 0.3 is 0 Å². The Hall–Kier alpha value is -1.43. The summed E-state index contributed by atoms with van der Waals surface area (Å²) in [5.41, 5.74) is 0.384. The highest BCUT2D eigenvalue weighted by molar-refractivity contribution is 7.14. The van der Waals surface area contributed by atoms with Gasteiger partial charge in [0.2, 0.25) is 5.91 Å². The number of hydrogen-bond donors (Lipinski definition) is 1. The van der Waals surface area contributed by atoms with Crippen LogP contribution in [0.25, 0.3) is 0 Å². The van der Waals surface area contributed by atoms with E-state index >= 15 is 0 Å². The van der Waals surface area contributed by atoms with Crippen LogP contribution >= 0.6 is 11.3 Å². The molecule has 100 valence electrons. The first-order valence-corrected chi connectivity index (χ1v) is 6.84. The quantitative estimate of drug-likeness (QED) is 0.892. The van der Waals surface area contributed by atoms with Crippen LogP contribution in [0.1, 0.15) is 44.1 Å². The van der Waals surface area contributed by atoms with Crippen LogP contribution in [0.3, 0.4) is 0 Å². The lowest BCUT2D eigenvalue weighted by atomic mass is 10.1. The third-order valence-electron chi connectivity index (χ3n) is 2.69. The van der Waals surface area contributed by atoms with Crippen molar-refractivity contribution in [3.8, 4) is 0 Å². The maximum absolute atomic E-state index is 12.1. The molecule has 1 aromatic heterocycles. The molecule has 0 saturated heterocycles. The predicted octanol–water partition coefficient (Wildman–Crippen LogP) is 2.36. The number of anilines is 1. The van der Waals surface area contributed by atoms with E-state index in [2.05, 4.69) is 17.2 Å². The van der Waals surface area contributed by atoms with E-state index in [1.54, 1.807) is 17.3 Å². The van der Waals surface area contributed by atoms with Gasteiger partial charge in [0.1, 0.15) is 5.69 Å². The van der Waals surface area contributed by atoms with Crippen molar-refractivity contribution >= 4 is 28.3 Å². The maximum atomic E-state index is 12.1. The molecule has 1 atom stereocenters. The molecule has 18 heavy (non-hydrogen) atoms. The second-order valence-electron chi connectivity index (χ2n) is 4.27. The van der Waals surface area contributed by atoms with E-state index in [0.29, 0.717) is 10.8 Å². The largest absolute Gasteiger partial charge is 0.338 e. The fourth-order valence-corrected chi connectivity index (χ4v) is 2.30. The summed E-state index contributed by atoms with van der Waals surface area (Å²) in [6.45, 7) is 5.52. The van der Waals surface area contributed by atoms with Crippen molar-refractivity contribution in [2.24, 2.45) is 0 Å². The molecule has 5 nitrogen and oxygen atoms in total. The summed E-state index contributed by atoms with van der Waals surface area (Å²) in [7, 11) is 1.78. The van der Waals surface area contributed by atoms with Gasteiger partial charge in [-0.2, -0.15) is 0 Å². The van der Waals surface area contributed by atoms with Gasteiger partial charge in [-0.05, 0) is 13.3 Å². The van der Waals surface area contributed by atoms with E-state index in [1.165, 1.54) is 18.3 Å². The summed E-state index contributed by atoms with van der Waals surface area (Å²) in [4.78, 5) is 28.8. The van der Waals surface area contributed by atoms with Crippen molar-refractivity contribution in [2.45, 2.75) is 39.7 Å². The van der Waals surface area contributed by atoms with Crippen LogP contribution < -0.4 is 5.32 Å². The molecule has 0 aliphatic rings. The van der Waals surface area contributed by atoms with Crippen LogP contribution in [0.15, 0.2) is 5.38 Å². The van der Waals surface area contributed by atoms with Crippen LogP contribution in [-0.4, -0.2) is 34.8 Å². The molecule has 0 aromatic carbocycles. The number of carbonyl (C=O) groups excluding carboxylic acids is 2. The first kappa shape index (κ1) is 14.6. The third-order valence-corrected chi connectivity index (χ3v) is 3.45. The zero-order valence-electron chi connectivity index (χ0n) is 11.2. The number of carbonyl (C=O) groups is 2. The zero-order chi connectivity index (χ0) is 13.7.